The van der Waals surface area contributed by atoms with E-state index in [4.69, 9.17) is 16.3 Å². The van der Waals surface area contributed by atoms with Crippen LogP contribution in [0.1, 0.15) is 45.1 Å². The van der Waals surface area contributed by atoms with E-state index in [-0.39, 0.29) is 5.41 Å². The van der Waals surface area contributed by atoms with Crippen LogP contribution < -0.4 is 4.74 Å². The molecule has 0 heterocycles. The van der Waals surface area contributed by atoms with Gasteiger partial charge in [-0.15, -0.1) is 0 Å². The molecule has 0 saturated heterocycles. The zero-order valence-electron chi connectivity index (χ0n) is 12.2. The molecule has 0 aromatic heterocycles. The molecule has 0 amide bonds. The average Bonchev–Trinajstić information content (AvgIpc) is 2.40. The van der Waals surface area contributed by atoms with E-state index in [1.54, 1.807) is 0 Å². The van der Waals surface area contributed by atoms with Gasteiger partial charge in [-0.3, -0.25) is 0 Å². The van der Waals surface area contributed by atoms with Crippen LogP contribution in [0.2, 0.25) is 5.02 Å². The monoisotopic (exact) mass is 300 g/mol. The fourth-order valence-electron chi connectivity index (χ4n) is 2.48. The quantitative estimate of drug-likeness (QED) is 0.620. The maximum atomic E-state index is 6.03. The van der Waals surface area contributed by atoms with Gasteiger partial charge in [0.1, 0.15) is 5.75 Å². The minimum atomic E-state index is 0.195. The van der Waals surface area contributed by atoms with Gasteiger partial charge in [-0.25, -0.2) is 0 Å². The maximum absolute atomic E-state index is 6.03. The van der Waals surface area contributed by atoms with Crippen LogP contribution in [-0.2, 0) is 0 Å². The highest BCUT2D eigenvalue weighted by Gasteiger charge is 2.27. The van der Waals surface area contributed by atoms with Crippen LogP contribution in [0.4, 0.5) is 0 Å². The number of rotatable bonds is 8. The molecular weight excluding hydrogens is 276 g/mol. The number of hydrogen-bond donors (Lipinski definition) is 1. The Kier molecular flexibility index (Phi) is 7.09. The van der Waals surface area contributed by atoms with Crippen molar-refractivity contribution in [3.05, 3.63) is 28.8 Å². The van der Waals surface area contributed by atoms with Crippen molar-refractivity contribution >= 4 is 24.2 Å². The van der Waals surface area contributed by atoms with Gasteiger partial charge in [-0.05, 0) is 49.3 Å². The SMILES string of the molecule is CCCC(CS)(CCC)COc1ccc(Cl)c(C)c1. The fourth-order valence-corrected chi connectivity index (χ4v) is 3.00. The standard InChI is InChI=1S/C16H25ClOS/c1-4-8-16(12-19,9-5-2)11-18-14-6-7-15(17)13(3)10-14/h6-7,10,19H,4-5,8-9,11-12H2,1-3H3. The van der Waals surface area contributed by atoms with E-state index in [2.05, 4.69) is 26.5 Å². The number of ether oxygens (including phenoxy) is 1. The summed E-state index contributed by atoms with van der Waals surface area (Å²) in [5.74, 6) is 1.78. The van der Waals surface area contributed by atoms with Gasteiger partial charge in [0.25, 0.3) is 0 Å². The lowest BCUT2D eigenvalue weighted by Gasteiger charge is -2.31. The van der Waals surface area contributed by atoms with Gasteiger partial charge in [0.2, 0.25) is 0 Å². The van der Waals surface area contributed by atoms with Crippen LogP contribution in [0.15, 0.2) is 18.2 Å². The summed E-state index contributed by atoms with van der Waals surface area (Å²) in [6, 6.07) is 5.84. The Bertz CT molecular complexity index is 386. The smallest absolute Gasteiger partial charge is 0.119 e. The normalized spacial score (nSPS) is 11.6. The Morgan fingerprint density at radius 3 is 2.32 bits per heavy atom. The predicted molar refractivity (Wildman–Crippen MR) is 87.8 cm³/mol. The molecule has 0 unspecified atom stereocenters. The van der Waals surface area contributed by atoms with Gasteiger partial charge in [0.15, 0.2) is 0 Å². The second-order valence-electron chi connectivity index (χ2n) is 5.36. The zero-order chi connectivity index (χ0) is 14.3. The Hall–Kier alpha value is -0.340. The highest BCUT2D eigenvalue weighted by atomic mass is 35.5. The van der Waals surface area contributed by atoms with Crippen molar-refractivity contribution in [1.82, 2.24) is 0 Å². The summed E-state index contributed by atoms with van der Waals surface area (Å²) >= 11 is 10.6. The highest BCUT2D eigenvalue weighted by molar-refractivity contribution is 7.80. The summed E-state index contributed by atoms with van der Waals surface area (Å²) in [4.78, 5) is 0. The van der Waals surface area contributed by atoms with Crippen LogP contribution in [0.25, 0.3) is 0 Å². The van der Waals surface area contributed by atoms with Gasteiger partial charge < -0.3 is 4.74 Å². The van der Waals surface area contributed by atoms with E-state index >= 15 is 0 Å². The van der Waals surface area contributed by atoms with E-state index < -0.39 is 0 Å². The molecule has 0 saturated carbocycles. The summed E-state index contributed by atoms with van der Waals surface area (Å²) in [5.41, 5.74) is 1.25. The van der Waals surface area contributed by atoms with E-state index in [9.17, 15) is 0 Å². The molecule has 108 valence electrons. The lowest BCUT2D eigenvalue weighted by molar-refractivity contribution is 0.143. The van der Waals surface area contributed by atoms with Crippen molar-refractivity contribution in [2.45, 2.75) is 46.5 Å². The Balaban J connectivity index is 2.71. The Morgan fingerprint density at radius 1 is 1.21 bits per heavy atom. The van der Waals surface area contributed by atoms with E-state index in [0.717, 1.165) is 41.5 Å². The Labute approximate surface area is 128 Å². The van der Waals surface area contributed by atoms with E-state index in [1.165, 1.54) is 12.8 Å². The second-order valence-corrected chi connectivity index (χ2v) is 6.08. The van der Waals surface area contributed by atoms with Crippen LogP contribution in [0.5, 0.6) is 5.75 Å². The third-order valence-corrected chi connectivity index (χ3v) is 4.67. The first-order valence-electron chi connectivity index (χ1n) is 7.06. The van der Waals surface area contributed by atoms with Crippen LogP contribution >= 0.6 is 24.2 Å². The number of thiol groups is 1. The molecule has 0 atom stereocenters. The molecule has 0 bridgehead atoms. The van der Waals surface area contributed by atoms with Gasteiger partial charge in [0.05, 0.1) is 6.61 Å². The minimum absolute atomic E-state index is 0.195. The molecular formula is C16H25ClOS. The van der Waals surface area contributed by atoms with Gasteiger partial charge in [-0.2, -0.15) is 12.6 Å². The molecule has 0 aliphatic carbocycles. The number of hydrogen-bond acceptors (Lipinski definition) is 2. The Morgan fingerprint density at radius 2 is 1.84 bits per heavy atom. The van der Waals surface area contributed by atoms with Crippen LogP contribution in [0, 0.1) is 12.3 Å². The van der Waals surface area contributed by atoms with E-state index in [0.29, 0.717) is 0 Å². The lowest BCUT2D eigenvalue weighted by atomic mass is 9.82. The van der Waals surface area contributed by atoms with Crippen molar-refractivity contribution in [3.63, 3.8) is 0 Å². The number of aryl methyl sites for hydroxylation is 1. The first-order chi connectivity index (χ1) is 9.06. The summed E-state index contributed by atoms with van der Waals surface area (Å²) < 4.78 is 6.00. The molecule has 0 N–H and O–H groups in total. The third kappa shape index (κ3) is 4.92. The first kappa shape index (κ1) is 16.7. The third-order valence-electron chi connectivity index (χ3n) is 3.57. The summed E-state index contributed by atoms with van der Waals surface area (Å²) in [5, 5.41) is 0.787. The van der Waals surface area contributed by atoms with Crippen molar-refractivity contribution in [2.75, 3.05) is 12.4 Å². The van der Waals surface area contributed by atoms with Crippen LogP contribution in [0.3, 0.4) is 0 Å². The van der Waals surface area contributed by atoms with Gasteiger partial charge in [-0.1, -0.05) is 38.3 Å². The highest BCUT2D eigenvalue weighted by Crippen LogP contribution is 2.32. The number of halogens is 1. The van der Waals surface area contributed by atoms with E-state index in [1.807, 2.05) is 25.1 Å². The van der Waals surface area contributed by atoms with Crippen LogP contribution in [-0.4, -0.2) is 12.4 Å². The molecule has 1 rings (SSSR count). The first-order valence-corrected chi connectivity index (χ1v) is 8.07. The summed E-state index contributed by atoms with van der Waals surface area (Å²) in [7, 11) is 0. The average molecular weight is 301 g/mol. The summed E-state index contributed by atoms with van der Waals surface area (Å²) in [6.07, 6.45) is 4.67. The molecule has 1 nitrogen and oxygen atoms in total. The zero-order valence-corrected chi connectivity index (χ0v) is 13.9. The molecule has 3 heteroatoms. The molecule has 0 aliphatic rings. The minimum Gasteiger partial charge on any atom is -0.493 e. The topological polar surface area (TPSA) is 9.23 Å². The summed E-state index contributed by atoms with van der Waals surface area (Å²) in [6.45, 7) is 7.18. The van der Waals surface area contributed by atoms with Gasteiger partial charge >= 0.3 is 0 Å². The molecule has 0 aliphatic heterocycles. The van der Waals surface area contributed by atoms with Crippen molar-refractivity contribution < 1.29 is 4.74 Å². The molecule has 0 fully saturated rings. The largest absolute Gasteiger partial charge is 0.493 e. The predicted octanol–water partition coefficient (Wildman–Crippen LogP) is 5.54. The fraction of sp³-hybridized carbons (Fsp3) is 0.625. The van der Waals surface area contributed by atoms with Crippen molar-refractivity contribution in [3.8, 4) is 5.75 Å². The number of benzene rings is 1. The molecule has 19 heavy (non-hydrogen) atoms. The van der Waals surface area contributed by atoms with Crippen molar-refractivity contribution in [2.24, 2.45) is 5.41 Å². The molecule has 0 spiro atoms. The van der Waals surface area contributed by atoms with Gasteiger partial charge in [0, 0.05) is 10.4 Å². The molecule has 1 aromatic rings. The lowest BCUT2D eigenvalue weighted by Crippen LogP contribution is -2.30. The second kappa shape index (κ2) is 8.06. The maximum Gasteiger partial charge on any atom is 0.119 e. The van der Waals surface area contributed by atoms with Crippen molar-refractivity contribution in [1.29, 1.82) is 0 Å². The molecule has 0 radical (unpaired) electrons. The molecule has 1 aromatic carbocycles.